The summed E-state index contributed by atoms with van der Waals surface area (Å²) < 4.78 is 5.39. The van der Waals surface area contributed by atoms with Gasteiger partial charge in [-0.1, -0.05) is 31.4 Å². The first kappa shape index (κ1) is 13.3. The predicted molar refractivity (Wildman–Crippen MR) is 77.3 cm³/mol. The van der Waals surface area contributed by atoms with Gasteiger partial charge in [-0.25, -0.2) is 4.79 Å². The van der Waals surface area contributed by atoms with E-state index in [0.717, 1.165) is 18.8 Å². The molecule has 1 aromatic rings. The molecule has 3 rings (SSSR count). The van der Waals surface area contributed by atoms with Crippen LogP contribution in [0.4, 0.5) is 5.69 Å². The lowest BCUT2D eigenvalue weighted by molar-refractivity contribution is -0.139. The highest BCUT2D eigenvalue weighted by atomic mass is 16.5. The maximum atomic E-state index is 10.6. The fraction of sp³-hybridized carbons (Fsp3) is 0.562. The molecule has 4 heteroatoms. The molecule has 1 aliphatic carbocycles. The van der Waals surface area contributed by atoms with Gasteiger partial charge < -0.3 is 14.7 Å². The number of rotatable bonds is 4. The smallest absolute Gasteiger partial charge is 0.341 e. The van der Waals surface area contributed by atoms with E-state index in [1.807, 2.05) is 24.3 Å². The van der Waals surface area contributed by atoms with Crippen LogP contribution >= 0.6 is 0 Å². The number of nitrogens with zero attached hydrogens (tertiary/aromatic N) is 1. The van der Waals surface area contributed by atoms with Gasteiger partial charge in [0.15, 0.2) is 6.61 Å². The van der Waals surface area contributed by atoms with E-state index in [0.29, 0.717) is 11.2 Å². The second kappa shape index (κ2) is 5.35. The number of anilines is 1. The molecular weight excluding hydrogens is 254 g/mol. The first-order valence-electron chi connectivity index (χ1n) is 7.37. The van der Waals surface area contributed by atoms with Crippen molar-refractivity contribution in [2.75, 3.05) is 24.6 Å². The largest absolute Gasteiger partial charge is 0.480 e. The maximum absolute atomic E-state index is 10.6. The SMILES string of the molecule is O=C(O)COc1ccccc1N1CC2(CCCCC2)C1. The Kier molecular flexibility index (Phi) is 3.55. The number of ether oxygens (including phenoxy) is 1. The van der Waals surface area contributed by atoms with E-state index >= 15 is 0 Å². The van der Waals surface area contributed by atoms with E-state index in [1.165, 1.54) is 32.1 Å². The van der Waals surface area contributed by atoms with Crippen LogP contribution in [0.2, 0.25) is 0 Å². The molecule has 1 spiro atoms. The topological polar surface area (TPSA) is 49.8 Å². The Bertz CT molecular complexity index is 486. The van der Waals surface area contributed by atoms with E-state index in [2.05, 4.69) is 4.90 Å². The molecule has 0 amide bonds. The third-order valence-electron chi connectivity index (χ3n) is 4.52. The molecule has 0 unspecified atom stereocenters. The van der Waals surface area contributed by atoms with Crippen LogP contribution < -0.4 is 9.64 Å². The molecule has 1 saturated heterocycles. The van der Waals surface area contributed by atoms with Gasteiger partial charge in [-0.15, -0.1) is 0 Å². The second-order valence-electron chi connectivity index (χ2n) is 6.07. The molecule has 0 aromatic heterocycles. The van der Waals surface area contributed by atoms with E-state index < -0.39 is 5.97 Å². The van der Waals surface area contributed by atoms with Crippen LogP contribution in [0.15, 0.2) is 24.3 Å². The molecule has 0 bridgehead atoms. The number of benzene rings is 1. The van der Waals surface area contributed by atoms with Crippen molar-refractivity contribution in [3.05, 3.63) is 24.3 Å². The minimum Gasteiger partial charge on any atom is -0.480 e. The minimum atomic E-state index is -0.938. The third-order valence-corrected chi connectivity index (χ3v) is 4.52. The highest BCUT2D eigenvalue weighted by Gasteiger charge is 2.43. The summed E-state index contributed by atoms with van der Waals surface area (Å²) in [6.07, 6.45) is 6.75. The number of aliphatic carboxylic acids is 1. The van der Waals surface area contributed by atoms with Crippen molar-refractivity contribution in [2.24, 2.45) is 5.41 Å². The average Bonchev–Trinajstić information content (AvgIpc) is 2.44. The van der Waals surface area contributed by atoms with E-state index in [4.69, 9.17) is 9.84 Å². The average molecular weight is 275 g/mol. The first-order chi connectivity index (χ1) is 9.69. The van der Waals surface area contributed by atoms with E-state index in [9.17, 15) is 4.79 Å². The Morgan fingerprint density at radius 3 is 2.60 bits per heavy atom. The Hall–Kier alpha value is -1.71. The lowest BCUT2D eigenvalue weighted by Gasteiger charge is -2.53. The summed E-state index contributed by atoms with van der Waals surface area (Å²) in [5, 5.41) is 8.74. The minimum absolute atomic E-state index is 0.282. The lowest BCUT2D eigenvalue weighted by atomic mass is 9.68. The standard InChI is InChI=1S/C16H21NO3/c18-15(19)10-20-14-7-3-2-6-13(14)17-11-16(12-17)8-4-1-5-9-16/h2-3,6-7H,1,4-5,8-12H2,(H,18,19). The van der Waals surface area contributed by atoms with Crippen molar-refractivity contribution in [3.63, 3.8) is 0 Å². The van der Waals surface area contributed by atoms with Crippen molar-refractivity contribution in [2.45, 2.75) is 32.1 Å². The van der Waals surface area contributed by atoms with Gasteiger partial charge >= 0.3 is 5.97 Å². The van der Waals surface area contributed by atoms with Crippen molar-refractivity contribution in [1.29, 1.82) is 0 Å². The zero-order chi connectivity index (χ0) is 14.0. The zero-order valence-electron chi connectivity index (χ0n) is 11.7. The van der Waals surface area contributed by atoms with Gasteiger partial charge in [0.25, 0.3) is 0 Å². The molecule has 2 fully saturated rings. The van der Waals surface area contributed by atoms with Crippen molar-refractivity contribution < 1.29 is 14.6 Å². The highest BCUT2D eigenvalue weighted by molar-refractivity contribution is 5.69. The van der Waals surface area contributed by atoms with Crippen LogP contribution in [0, 0.1) is 5.41 Å². The molecule has 0 atom stereocenters. The molecule has 2 aliphatic rings. The number of carboxylic acids is 1. The zero-order valence-corrected chi connectivity index (χ0v) is 11.7. The number of hydrogen-bond donors (Lipinski definition) is 1. The van der Waals surface area contributed by atoms with Crippen LogP contribution in [-0.2, 0) is 4.79 Å². The summed E-state index contributed by atoms with van der Waals surface area (Å²) >= 11 is 0. The van der Waals surface area contributed by atoms with Gasteiger partial charge in [0.1, 0.15) is 5.75 Å². The van der Waals surface area contributed by atoms with Gasteiger partial charge in [-0.2, -0.15) is 0 Å². The molecule has 1 aliphatic heterocycles. The monoisotopic (exact) mass is 275 g/mol. The van der Waals surface area contributed by atoms with Crippen LogP contribution in [0.25, 0.3) is 0 Å². The third kappa shape index (κ3) is 2.60. The predicted octanol–water partition coefficient (Wildman–Crippen LogP) is 2.92. The van der Waals surface area contributed by atoms with Gasteiger partial charge in [0.05, 0.1) is 5.69 Å². The fourth-order valence-corrected chi connectivity index (χ4v) is 3.53. The molecule has 108 valence electrons. The summed E-state index contributed by atoms with van der Waals surface area (Å²) in [5.41, 5.74) is 1.54. The lowest BCUT2D eigenvalue weighted by Crippen LogP contribution is -2.57. The Balaban J connectivity index is 1.67. The molecule has 4 nitrogen and oxygen atoms in total. The molecule has 1 aromatic carbocycles. The van der Waals surface area contributed by atoms with E-state index in [-0.39, 0.29) is 6.61 Å². The van der Waals surface area contributed by atoms with Crippen molar-refractivity contribution in [3.8, 4) is 5.75 Å². The quantitative estimate of drug-likeness (QED) is 0.918. The number of carboxylic acid groups (broad SMARTS) is 1. The Labute approximate surface area is 119 Å². The summed E-state index contributed by atoms with van der Waals surface area (Å²) in [7, 11) is 0. The second-order valence-corrected chi connectivity index (χ2v) is 6.07. The van der Waals surface area contributed by atoms with Gasteiger partial charge in [0.2, 0.25) is 0 Å². The number of hydrogen-bond acceptors (Lipinski definition) is 3. The van der Waals surface area contributed by atoms with E-state index in [1.54, 1.807) is 0 Å². The molecule has 1 N–H and O–H groups in total. The molecule has 1 heterocycles. The normalized spacial score (nSPS) is 20.5. The number of para-hydroxylation sites is 2. The fourth-order valence-electron chi connectivity index (χ4n) is 3.53. The Morgan fingerprint density at radius 2 is 1.90 bits per heavy atom. The van der Waals surface area contributed by atoms with Crippen LogP contribution in [0.3, 0.4) is 0 Å². The summed E-state index contributed by atoms with van der Waals surface area (Å²) in [5.74, 6) is -0.257. The summed E-state index contributed by atoms with van der Waals surface area (Å²) in [6, 6.07) is 7.74. The molecular formula is C16H21NO3. The van der Waals surface area contributed by atoms with Crippen LogP contribution in [0.5, 0.6) is 5.75 Å². The summed E-state index contributed by atoms with van der Waals surface area (Å²) in [4.78, 5) is 13.0. The molecule has 20 heavy (non-hydrogen) atoms. The first-order valence-corrected chi connectivity index (χ1v) is 7.37. The van der Waals surface area contributed by atoms with Crippen LogP contribution in [-0.4, -0.2) is 30.8 Å². The molecule has 1 saturated carbocycles. The van der Waals surface area contributed by atoms with Crippen molar-refractivity contribution in [1.82, 2.24) is 0 Å². The molecule has 0 radical (unpaired) electrons. The van der Waals surface area contributed by atoms with Crippen LogP contribution in [0.1, 0.15) is 32.1 Å². The Morgan fingerprint density at radius 1 is 1.20 bits per heavy atom. The van der Waals surface area contributed by atoms with Gasteiger partial charge in [0, 0.05) is 18.5 Å². The summed E-state index contributed by atoms with van der Waals surface area (Å²) in [6.45, 7) is 1.89. The highest BCUT2D eigenvalue weighted by Crippen LogP contribution is 2.47. The van der Waals surface area contributed by atoms with Crippen molar-refractivity contribution >= 4 is 11.7 Å². The van der Waals surface area contributed by atoms with Gasteiger partial charge in [-0.3, -0.25) is 0 Å². The maximum Gasteiger partial charge on any atom is 0.341 e. The van der Waals surface area contributed by atoms with Gasteiger partial charge in [-0.05, 0) is 25.0 Å². The number of carbonyl (C=O) groups is 1.